The van der Waals surface area contributed by atoms with Crippen LogP contribution in [0, 0.1) is 12.7 Å². The number of halogens is 1. The Kier molecular flexibility index (Phi) is 4.06. The number of nitrogens with one attached hydrogen (secondary N) is 1. The number of carbonyl (C=O) groups excluding carboxylic acids is 1. The van der Waals surface area contributed by atoms with Gasteiger partial charge in [0, 0.05) is 37.0 Å². The quantitative estimate of drug-likeness (QED) is 0.785. The van der Waals surface area contributed by atoms with Gasteiger partial charge in [-0.05, 0) is 13.0 Å². The summed E-state index contributed by atoms with van der Waals surface area (Å²) in [5.41, 5.74) is 2.57. The van der Waals surface area contributed by atoms with Crippen LogP contribution < -0.4 is 4.74 Å². The van der Waals surface area contributed by atoms with Gasteiger partial charge in [-0.1, -0.05) is 12.1 Å². The van der Waals surface area contributed by atoms with Crippen LogP contribution in [0.5, 0.6) is 5.88 Å². The number of rotatable bonds is 3. The minimum absolute atomic E-state index is 0.0563. The predicted molar refractivity (Wildman–Crippen MR) is 95.3 cm³/mol. The molecule has 0 bridgehead atoms. The average molecular weight is 354 g/mol. The number of aromatic nitrogens is 3. The lowest BCUT2D eigenvalue weighted by Crippen LogP contribution is -2.29. The third kappa shape index (κ3) is 2.89. The molecule has 3 aromatic rings. The average Bonchev–Trinajstić information content (AvgIpc) is 3.24. The van der Waals surface area contributed by atoms with E-state index in [2.05, 4.69) is 15.0 Å². The topological polar surface area (TPSA) is 71.1 Å². The molecule has 6 nitrogen and oxygen atoms in total. The van der Waals surface area contributed by atoms with Crippen LogP contribution in [-0.4, -0.2) is 45.0 Å². The van der Waals surface area contributed by atoms with E-state index in [0.29, 0.717) is 35.9 Å². The molecule has 2 aromatic heterocycles. The molecule has 1 N–H and O–H groups in total. The number of ether oxygens (including phenoxy) is 1. The molecule has 1 unspecified atom stereocenters. The summed E-state index contributed by atoms with van der Waals surface area (Å²) in [7, 11) is 0. The molecule has 1 aromatic carbocycles. The molecule has 1 amide bonds. The number of H-pyrrole nitrogens is 1. The van der Waals surface area contributed by atoms with E-state index in [1.165, 1.54) is 6.07 Å². The van der Waals surface area contributed by atoms with Crippen molar-refractivity contribution in [1.29, 1.82) is 0 Å². The molecule has 4 rings (SSSR count). The van der Waals surface area contributed by atoms with Crippen molar-refractivity contribution in [2.24, 2.45) is 0 Å². The van der Waals surface area contributed by atoms with Crippen LogP contribution in [0.2, 0.25) is 0 Å². The van der Waals surface area contributed by atoms with Gasteiger partial charge in [-0.25, -0.2) is 14.4 Å². The Balaban J connectivity index is 1.58. The summed E-state index contributed by atoms with van der Waals surface area (Å²) in [4.78, 5) is 25.1. The second-order valence-electron chi connectivity index (χ2n) is 6.50. The Morgan fingerprint density at radius 3 is 3.00 bits per heavy atom. The van der Waals surface area contributed by atoms with Crippen LogP contribution in [0.1, 0.15) is 19.0 Å². The third-order valence-electron chi connectivity index (χ3n) is 4.71. The van der Waals surface area contributed by atoms with E-state index in [9.17, 15) is 9.18 Å². The second kappa shape index (κ2) is 6.40. The predicted octanol–water partition coefficient (Wildman–Crippen LogP) is 3.07. The summed E-state index contributed by atoms with van der Waals surface area (Å²) in [6, 6.07) is 4.94. The first-order valence-electron chi connectivity index (χ1n) is 8.54. The largest absolute Gasteiger partial charge is 0.471 e. The summed E-state index contributed by atoms with van der Waals surface area (Å²) in [6.07, 6.45) is 4.08. The molecule has 1 atom stereocenters. The highest BCUT2D eigenvalue weighted by Gasteiger charge is 2.26. The summed E-state index contributed by atoms with van der Waals surface area (Å²) in [6.45, 7) is 4.66. The number of nitrogens with zero attached hydrogens (tertiary/aromatic N) is 3. The Bertz CT molecular complexity index is 985. The molecule has 1 fully saturated rings. The first-order chi connectivity index (χ1) is 12.5. The highest BCUT2D eigenvalue weighted by Crippen LogP contribution is 2.30. The Morgan fingerprint density at radius 1 is 1.42 bits per heavy atom. The van der Waals surface area contributed by atoms with E-state index in [0.717, 1.165) is 17.4 Å². The normalized spacial score (nSPS) is 17.0. The monoisotopic (exact) mass is 354 g/mol. The smallest absolute Gasteiger partial charge is 0.235 e. The zero-order chi connectivity index (χ0) is 18.3. The van der Waals surface area contributed by atoms with Gasteiger partial charge in [0.2, 0.25) is 11.8 Å². The fourth-order valence-electron chi connectivity index (χ4n) is 3.31. The van der Waals surface area contributed by atoms with Crippen molar-refractivity contribution in [2.75, 3.05) is 13.1 Å². The maximum absolute atomic E-state index is 13.9. The van der Waals surface area contributed by atoms with Crippen molar-refractivity contribution in [3.63, 3.8) is 0 Å². The van der Waals surface area contributed by atoms with Gasteiger partial charge in [-0.15, -0.1) is 0 Å². The highest BCUT2D eigenvalue weighted by molar-refractivity contribution is 5.94. The number of aryl methyl sites for hydroxylation is 1. The minimum Gasteiger partial charge on any atom is -0.471 e. The van der Waals surface area contributed by atoms with E-state index in [-0.39, 0.29) is 17.8 Å². The zero-order valence-electron chi connectivity index (χ0n) is 14.6. The summed E-state index contributed by atoms with van der Waals surface area (Å²) < 4.78 is 19.8. The SMILES string of the molecule is CC(=O)N1CCC(Oc2ncc(-c3c[nH]c4c(F)cccc34)nc2C)C1. The van der Waals surface area contributed by atoms with E-state index in [1.54, 1.807) is 30.3 Å². The van der Waals surface area contributed by atoms with E-state index in [4.69, 9.17) is 4.74 Å². The Hall–Kier alpha value is -2.96. The minimum atomic E-state index is -0.297. The van der Waals surface area contributed by atoms with Gasteiger partial charge >= 0.3 is 0 Å². The van der Waals surface area contributed by atoms with Gasteiger partial charge in [-0.2, -0.15) is 0 Å². The van der Waals surface area contributed by atoms with Gasteiger partial charge < -0.3 is 14.6 Å². The molecular formula is C19H19FN4O2. The molecule has 1 saturated heterocycles. The molecule has 1 aliphatic heterocycles. The molecule has 0 aliphatic carbocycles. The van der Waals surface area contributed by atoms with Crippen molar-refractivity contribution in [2.45, 2.75) is 26.4 Å². The zero-order valence-corrected chi connectivity index (χ0v) is 14.6. The third-order valence-corrected chi connectivity index (χ3v) is 4.71. The Labute approximate surface area is 150 Å². The fraction of sp³-hybridized carbons (Fsp3) is 0.316. The number of carbonyl (C=O) groups is 1. The van der Waals surface area contributed by atoms with E-state index >= 15 is 0 Å². The molecule has 0 radical (unpaired) electrons. The molecule has 7 heteroatoms. The summed E-state index contributed by atoms with van der Waals surface area (Å²) in [5.74, 6) is 0.227. The van der Waals surface area contributed by atoms with Gasteiger partial charge in [0.25, 0.3) is 0 Å². The highest BCUT2D eigenvalue weighted by atomic mass is 19.1. The molecule has 26 heavy (non-hydrogen) atoms. The van der Waals surface area contributed by atoms with Crippen LogP contribution >= 0.6 is 0 Å². The molecule has 0 spiro atoms. The molecule has 134 valence electrons. The number of benzene rings is 1. The van der Waals surface area contributed by atoms with Crippen LogP contribution in [0.3, 0.4) is 0 Å². The number of hydrogen-bond donors (Lipinski definition) is 1. The molecule has 0 saturated carbocycles. The van der Waals surface area contributed by atoms with Gasteiger partial charge in [0.05, 0.1) is 24.0 Å². The number of aromatic amines is 1. The van der Waals surface area contributed by atoms with Gasteiger partial charge in [-0.3, -0.25) is 4.79 Å². The molecule has 1 aliphatic rings. The maximum Gasteiger partial charge on any atom is 0.235 e. The first kappa shape index (κ1) is 16.5. The van der Waals surface area contributed by atoms with Gasteiger partial charge in [0.1, 0.15) is 17.6 Å². The summed E-state index contributed by atoms with van der Waals surface area (Å²) >= 11 is 0. The standard InChI is InChI=1S/C19H19FN4O2/c1-11-19(26-13-6-7-24(10-13)12(2)25)22-9-17(23-11)15-8-21-18-14(15)4-3-5-16(18)20/h3-5,8-9,13,21H,6-7,10H2,1-2H3. The van der Waals surface area contributed by atoms with Gasteiger partial charge in [0.15, 0.2) is 0 Å². The van der Waals surface area contributed by atoms with Crippen LogP contribution in [0.15, 0.2) is 30.6 Å². The summed E-state index contributed by atoms with van der Waals surface area (Å²) in [5, 5.41) is 0.764. The lowest BCUT2D eigenvalue weighted by atomic mass is 10.1. The molecular weight excluding hydrogens is 335 g/mol. The Morgan fingerprint density at radius 2 is 2.27 bits per heavy atom. The van der Waals surface area contributed by atoms with Crippen molar-refractivity contribution < 1.29 is 13.9 Å². The van der Waals surface area contributed by atoms with Crippen molar-refractivity contribution in [3.8, 4) is 17.1 Å². The molecule has 3 heterocycles. The number of fused-ring (bicyclic) bond motifs is 1. The lowest BCUT2D eigenvalue weighted by molar-refractivity contribution is -0.128. The van der Waals surface area contributed by atoms with Crippen molar-refractivity contribution in [1.82, 2.24) is 19.9 Å². The fourth-order valence-corrected chi connectivity index (χ4v) is 3.31. The number of para-hydroxylation sites is 1. The number of likely N-dealkylation sites (tertiary alicyclic amines) is 1. The first-order valence-corrected chi connectivity index (χ1v) is 8.54. The lowest BCUT2D eigenvalue weighted by Gasteiger charge is -2.16. The van der Waals surface area contributed by atoms with E-state index in [1.807, 2.05) is 13.0 Å². The second-order valence-corrected chi connectivity index (χ2v) is 6.50. The van der Waals surface area contributed by atoms with Crippen molar-refractivity contribution in [3.05, 3.63) is 42.1 Å². The van der Waals surface area contributed by atoms with Crippen LogP contribution in [-0.2, 0) is 4.79 Å². The van der Waals surface area contributed by atoms with Crippen LogP contribution in [0.25, 0.3) is 22.2 Å². The number of amides is 1. The number of hydrogen-bond acceptors (Lipinski definition) is 4. The van der Waals surface area contributed by atoms with Crippen molar-refractivity contribution >= 4 is 16.8 Å². The van der Waals surface area contributed by atoms with Crippen LogP contribution in [0.4, 0.5) is 4.39 Å². The maximum atomic E-state index is 13.9. The van der Waals surface area contributed by atoms with E-state index < -0.39 is 0 Å².